The summed E-state index contributed by atoms with van der Waals surface area (Å²) in [5.41, 5.74) is 0.819. The van der Waals surface area contributed by atoms with E-state index in [0.29, 0.717) is 33.9 Å². The first kappa shape index (κ1) is 18.3. The number of benzene rings is 1. The number of ether oxygens (including phenoxy) is 2. The summed E-state index contributed by atoms with van der Waals surface area (Å²) in [4.78, 5) is 14.6. The highest BCUT2D eigenvalue weighted by Gasteiger charge is 2.31. The lowest BCUT2D eigenvalue weighted by atomic mass is 10.2. The van der Waals surface area contributed by atoms with Crippen LogP contribution in [0.15, 0.2) is 23.1 Å². The molecule has 1 aliphatic heterocycles. The van der Waals surface area contributed by atoms with Crippen molar-refractivity contribution in [2.45, 2.75) is 20.3 Å². The number of rotatable bonds is 7. The number of thiocarbonyl (C=S) groups is 1. The molecule has 0 bridgehead atoms. The van der Waals surface area contributed by atoms with E-state index in [2.05, 4.69) is 0 Å². The molecule has 24 heavy (non-hydrogen) atoms. The van der Waals surface area contributed by atoms with Gasteiger partial charge in [0.05, 0.1) is 11.5 Å². The van der Waals surface area contributed by atoms with Crippen LogP contribution in [-0.2, 0) is 4.79 Å². The van der Waals surface area contributed by atoms with Crippen molar-refractivity contribution >= 4 is 40.3 Å². The minimum absolute atomic E-state index is 0.0465. The van der Waals surface area contributed by atoms with Crippen LogP contribution in [0.4, 0.5) is 0 Å². The van der Waals surface area contributed by atoms with E-state index >= 15 is 0 Å². The Bertz CT molecular complexity index is 710. The smallest absolute Gasteiger partial charge is 0.266 e. The van der Waals surface area contributed by atoms with Gasteiger partial charge in [0.1, 0.15) is 10.4 Å². The fourth-order valence-corrected chi connectivity index (χ4v) is 3.49. The van der Waals surface area contributed by atoms with Crippen molar-refractivity contribution in [2.75, 3.05) is 19.8 Å². The molecule has 1 aliphatic rings. The van der Waals surface area contributed by atoms with E-state index in [1.807, 2.05) is 26.0 Å². The third kappa shape index (κ3) is 4.28. The molecule has 1 aromatic carbocycles. The van der Waals surface area contributed by atoms with Gasteiger partial charge in [0.25, 0.3) is 5.91 Å². The van der Waals surface area contributed by atoms with Gasteiger partial charge < -0.3 is 9.47 Å². The molecule has 0 N–H and O–H groups in total. The minimum atomic E-state index is -0.0605. The molecular formula is C17H18N2O3S2. The number of nitriles is 1. The molecule has 1 heterocycles. The highest BCUT2D eigenvalue weighted by atomic mass is 32.2. The Hall–Kier alpha value is -2.04. The van der Waals surface area contributed by atoms with E-state index in [-0.39, 0.29) is 12.5 Å². The lowest BCUT2D eigenvalue weighted by Gasteiger charge is -2.12. The fourth-order valence-electron chi connectivity index (χ4n) is 2.18. The number of nitrogens with zero attached hydrogens (tertiary/aromatic N) is 2. The third-order valence-corrected chi connectivity index (χ3v) is 4.56. The fraction of sp³-hybridized carbons (Fsp3) is 0.353. The number of carbonyl (C=O) groups excluding carboxylic acids is 1. The van der Waals surface area contributed by atoms with Gasteiger partial charge in [-0.3, -0.25) is 9.69 Å². The van der Waals surface area contributed by atoms with Crippen molar-refractivity contribution in [2.24, 2.45) is 0 Å². The van der Waals surface area contributed by atoms with Gasteiger partial charge in [-0.2, -0.15) is 5.26 Å². The molecule has 1 aromatic rings. The Morgan fingerprint density at radius 1 is 1.33 bits per heavy atom. The van der Waals surface area contributed by atoms with Crippen LogP contribution in [0, 0.1) is 11.3 Å². The second-order valence-electron chi connectivity index (χ2n) is 4.92. The van der Waals surface area contributed by atoms with Crippen LogP contribution >= 0.6 is 24.0 Å². The predicted octanol–water partition coefficient (Wildman–Crippen LogP) is 3.60. The Morgan fingerprint density at radius 2 is 2.12 bits per heavy atom. The molecule has 0 atom stereocenters. The van der Waals surface area contributed by atoms with Gasteiger partial charge in [-0.25, -0.2) is 0 Å². The van der Waals surface area contributed by atoms with Crippen LogP contribution in [0.25, 0.3) is 6.08 Å². The zero-order valence-electron chi connectivity index (χ0n) is 13.6. The van der Waals surface area contributed by atoms with Gasteiger partial charge in [0.15, 0.2) is 18.1 Å². The standard InChI is InChI=1S/C17H18N2O3S2/c1-3-8-19-16(20)15(24-17(19)23)11-12-5-6-13(22-9-7-18)14(10-12)21-4-2/h5-6,10-11H,3-4,8-9H2,1-2H3/b15-11+. The molecule has 0 aliphatic carbocycles. The average molecular weight is 362 g/mol. The van der Waals surface area contributed by atoms with E-state index in [1.165, 1.54) is 11.8 Å². The summed E-state index contributed by atoms with van der Waals surface area (Å²) in [6.07, 6.45) is 2.66. The molecular weight excluding hydrogens is 344 g/mol. The molecule has 1 amide bonds. The number of thioether (sulfide) groups is 1. The maximum absolute atomic E-state index is 12.4. The monoisotopic (exact) mass is 362 g/mol. The number of hydrogen-bond donors (Lipinski definition) is 0. The Labute approximate surface area is 151 Å². The summed E-state index contributed by atoms with van der Waals surface area (Å²) >= 11 is 6.57. The SMILES string of the molecule is CCCN1C(=O)/C(=C\c2ccc(OCC#N)c(OCC)c2)SC1=S. The second-order valence-corrected chi connectivity index (χ2v) is 6.60. The van der Waals surface area contributed by atoms with E-state index in [9.17, 15) is 4.79 Å². The predicted molar refractivity (Wildman–Crippen MR) is 98.9 cm³/mol. The van der Waals surface area contributed by atoms with Gasteiger partial charge in [0, 0.05) is 6.54 Å². The van der Waals surface area contributed by atoms with Crippen molar-refractivity contribution in [1.29, 1.82) is 5.26 Å². The van der Waals surface area contributed by atoms with Gasteiger partial charge in [-0.1, -0.05) is 37.0 Å². The normalized spacial score (nSPS) is 15.7. The number of hydrogen-bond acceptors (Lipinski definition) is 6. The maximum Gasteiger partial charge on any atom is 0.266 e. The summed E-state index contributed by atoms with van der Waals surface area (Å²) in [5, 5.41) is 8.63. The lowest BCUT2D eigenvalue weighted by molar-refractivity contribution is -0.122. The molecule has 0 radical (unpaired) electrons. The van der Waals surface area contributed by atoms with Crippen molar-refractivity contribution < 1.29 is 14.3 Å². The zero-order chi connectivity index (χ0) is 17.5. The molecule has 0 unspecified atom stereocenters. The highest BCUT2D eigenvalue weighted by molar-refractivity contribution is 8.26. The summed E-state index contributed by atoms with van der Waals surface area (Å²) in [5.74, 6) is 0.995. The van der Waals surface area contributed by atoms with E-state index in [1.54, 1.807) is 23.1 Å². The molecule has 1 fully saturated rings. The lowest BCUT2D eigenvalue weighted by Crippen LogP contribution is -2.28. The number of carbonyl (C=O) groups is 1. The molecule has 126 valence electrons. The van der Waals surface area contributed by atoms with Gasteiger partial charge in [-0.05, 0) is 37.1 Å². The highest BCUT2D eigenvalue weighted by Crippen LogP contribution is 2.34. The molecule has 2 rings (SSSR count). The van der Waals surface area contributed by atoms with Crippen molar-refractivity contribution in [3.8, 4) is 17.6 Å². The zero-order valence-corrected chi connectivity index (χ0v) is 15.2. The summed E-state index contributed by atoms with van der Waals surface area (Å²) in [6, 6.07) is 7.28. The largest absolute Gasteiger partial charge is 0.490 e. The van der Waals surface area contributed by atoms with Gasteiger partial charge in [-0.15, -0.1) is 0 Å². The topological polar surface area (TPSA) is 62.6 Å². The van der Waals surface area contributed by atoms with Crippen molar-refractivity contribution in [3.05, 3.63) is 28.7 Å². The molecule has 7 heteroatoms. The number of amides is 1. The summed E-state index contributed by atoms with van der Waals surface area (Å²) in [6.45, 7) is 4.94. The molecule has 1 saturated heterocycles. The first-order chi connectivity index (χ1) is 11.6. The van der Waals surface area contributed by atoms with Crippen LogP contribution in [-0.4, -0.2) is 34.9 Å². The Balaban J connectivity index is 2.26. The van der Waals surface area contributed by atoms with Crippen LogP contribution in [0.5, 0.6) is 11.5 Å². The van der Waals surface area contributed by atoms with Crippen LogP contribution in [0.2, 0.25) is 0 Å². The van der Waals surface area contributed by atoms with Crippen LogP contribution in [0.1, 0.15) is 25.8 Å². The molecule has 0 spiro atoms. The van der Waals surface area contributed by atoms with Crippen LogP contribution < -0.4 is 9.47 Å². The second kappa shape index (κ2) is 8.71. The quantitative estimate of drug-likeness (QED) is 0.545. The van der Waals surface area contributed by atoms with E-state index < -0.39 is 0 Å². The minimum Gasteiger partial charge on any atom is -0.490 e. The third-order valence-electron chi connectivity index (χ3n) is 3.18. The Kier molecular flexibility index (Phi) is 6.64. The first-order valence-electron chi connectivity index (χ1n) is 7.62. The van der Waals surface area contributed by atoms with Crippen LogP contribution in [0.3, 0.4) is 0 Å². The Morgan fingerprint density at radius 3 is 2.79 bits per heavy atom. The van der Waals surface area contributed by atoms with Crippen molar-refractivity contribution in [1.82, 2.24) is 4.90 Å². The van der Waals surface area contributed by atoms with Gasteiger partial charge in [0.2, 0.25) is 0 Å². The molecule has 5 nitrogen and oxygen atoms in total. The first-order valence-corrected chi connectivity index (χ1v) is 8.85. The molecule has 0 aromatic heterocycles. The summed E-state index contributed by atoms with van der Waals surface area (Å²) < 4.78 is 11.5. The molecule has 0 saturated carbocycles. The van der Waals surface area contributed by atoms with E-state index in [0.717, 1.165) is 12.0 Å². The summed E-state index contributed by atoms with van der Waals surface area (Å²) in [7, 11) is 0. The van der Waals surface area contributed by atoms with E-state index in [4.69, 9.17) is 27.0 Å². The van der Waals surface area contributed by atoms with Gasteiger partial charge >= 0.3 is 0 Å². The maximum atomic E-state index is 12.4. The van der Waals surface area contributed by atoms with Crippen molar-refractivity contribution in [3.63, 3.8) is 0 Å². The average Bonchev–Trinajstić information content (AvgIpc) is 2.82.